The van der Waals surface area contributed by atoms with Crippen LogP contribution in [0.15, 0.2) is 52.2 Å². The standard InChI is InChI=1S/C24H29FN4O4S/c1-27-21-8-7-20(13-22(21)28(2)24(27)31)34(32,33)16-23(30)26-14-17-9-11-29(12-10-17)15-18-3-5-19(25)6-4-18/h3-8,13,17H,9-12,14-16H2,1-2H3,(H,26,30). The number of imidazole rings is 1. The fourth-order valence-corrected chi connectivity index (χ4v) is 5.62. The Balaban J connectivity index is 1.28. The van der Waals surface area contributed by atoms with Gasteiger partial charge in [0.15, 0.2) is 9.84 Å². The molecule has 34 heavy (non-hydrogen) atoms. The van der Waals surface area contributed by atoms with E-state index >= 15 is 0 Å². The van der Waals surface area contributed by atoms with Gasteiger partial charge in [-0.25, -0.2) is 17.6 Å². The first kappa shape index (κ1) is 24.2. The van der Waals surface area contributed by atoms with Gasteiger partial charge in [0.05, 0.1) is 15.9 Å². The van der Waals surface area contributed by atoms with Crippen molar-refractivity contribution in [2.45, 2.75) is 24.3 Å². The number of amides is 1. The molecule has 1 aliphatic rings. The van der Waals surface area contributed by atoms with Crippen molar-refractivity contribution >= 4 is 26.8 Å². The average Bonchev–Trinajstić information content (AvgIpc) is 3.03. The van der Waals surface area contributed by atoms with E-state index in [2.05, 4.69) is 10.2 Å². The number of benzene rings is 2. The predicted octanol–water partition coefficient (Wildman–Crippen LogP) is 1.82. The van der Waals surface area contributed by atoms with Gasteiger partial charge in [0.1, 0.15) is 11.6 Å². The zero-order chi connectivity index (χ0) is 24.5. The van der Waals surface area contributed by atoms with E-state index in [-0.39, 0.29) is 22.3 Å². The van der Waals surface area contributed by atoms with Crippen molar-refractivity contribution in [1.82, 2.24) is 19.4 Å². The van der Waals surface area contributed by atoms with E-state index < -0.39 is 21.5 Å². The number of hydrogen-bond donors (Lipinski definition) is 1. The van der Waals surface area contributed by atoms with Gasteiger partial charge in [-0.1, -0.05) is 12.1 Å². The monoisotopic (exact) mass is 488 g/mol. The number of aromatic nitrogens is 2. The van der Waals surface area contributed by atoms with Crippen LogP contribution in [0.1, 0.15) is 18.4 Å². The molecular weight excluding hydrogens is 459 g/mol. The lowest BCUT2D eigenvalue weighted by molar-refractivity contribution is -0.118. The molecule has 8 nitrogen and oxygen atoms in total. The van der Waals surface area contributed by atoms with E-state index in [4.69, 9.17) is 0 Å². The van der Waals surface area contributed by atoms with Crippen LogP contribution in [-0.2, 0) is 35.3 Å². The highest BCUT2D eigenvalue weighted by Crippen LogP contribution is 2.20. The van der Waals surface area contributed by atoms with Crippen LogP contribution in [-0.4, -0.2) is 53.7 Å². The molecule has 1 fully saturated rings. The summed E-state index contributed by atoms with van der Waals surface area (Å²) in [5.41, 5.74) is 1.95. The number of rotatable bonds is 7. The molecule has 0 unspecified atom stereocenters. The number of sulfone groups is 1. The van der Waals surface area contributed by atoms with Crippen LogP contribution in [0.5, 0.6) is 0 Å². The molecule has 0 spiro atoms. The highest BCUT2D eigenvalue weighted by Gasteiger charge is 2.23. The number of nitrogens with one attached hydrogen (secondary N) is 1. The van der Waals surface area contributed by atoms with Crippen LogP contribution in [0.3, 0.4) is 0 Å². The van der Waals surface area contributed by atoms with Crippen molar-refractivity contribution < 1.29 is 17.6 Å². The molecule has 2 aromatic carbocycles. The van der Waals surface area contributed by atoms with Gasteiger partial charge in [0.2, 0.25) is 5.91 Å². The predicted molar refractivity (Wildman–Crippen MR) is 128 cm³/mol. The van der Waals surface area contributed by atoms with E-state index in [1.807, 2.05) is 0 Å². The van der Waals surface area contributed by atoms with Gasteiger partial charge < -0.3 is 5.32 Å². The second-order valence-electron chi connectivity index (χ2n) is 8.96. The van der Waals surface area contributed by atoms with Crippen LogP contribution >= 0.6 is 0 Å². The molecular formula is C24H29FN4O4S. The lowest BCUT2D eigenvalue weighted by Gasteiger charge is -2.32. The molecule has 2 heterocycles. The second kappa shape index (κ2) is 9.71. The number of aryl methyl sites for hydroxylation is 2. The Morgan fingerprint density at radius 1 is 1.03 bits per heavy atom. The van der Waals surface area contributed by atoms with E-state index in [9.17, 15) is 22.4 Å². The lowest BCUT2D eigenvalue weighted by Crippen LogP contribution is -2.39. The van der Waals surface area contributed by atoms with Gasteiger partial charge >= 0.3 is 5.69 Å². The van der Waals surface area contributed by atoms with Crippen LogP contribution in [0, 0.1) is 11.7 Å². The molecule has 3 aromatic rings. The van der Waals surface area contributed by atoms with Gasteiger partial charge in [0, 0.05) is 27.2 Å². The quantitative estimate of drug-likeness (QED) is 0.548. The van der Waals surface area contributed by atoms with Gasteiger partial charge in [0.25, 0.3) is 0 Å². The maximum absolute atomic E-state index is 13.1. The smallest absolute Gasteiger partial charge is 0.328 e. The number of halogens is 1. The zero-order valence-electron chi connectivity index (χ0n) is 19.3. The molecule has 0 atom stereocenters. The summed E-state index contributed by atoms with van der Waals surface area (Å²) < 4.78 is 41.5. The van der Waals surface area contributed by atoms with Crippen molar-refractivity contribution in [3.8, 4) is 0 Å². The van der Waals surface area contributed by atoms with Gasteiger partial charge in [-0.2, -0.15) is 0 Å². The molecule has 1 aliphatic heterocycles. The topological polar surface area (TPSA) is 93.4 Å². The Bertz CT molecular complexity index is 1350. The first-order chi connectivity index (χ1) is 16.1. The van der Waals surface area contributed by atoms with Crippen molar-refractivity contribution in [1.29, 1.82) is 0 Å². The Hall–Kier alpha value is -2.98. The first-order valence-electron chi connectivity index (χ1n) is 11.3. The number of nitrogens with zero attached hydrogens (tertiary/aromatic N) is 3. The SMILES string of the molecule is Cn1c(=O)n(C)c2cc(S(=O)(=O)CC(=O)NCC3CCN(Cc4ccc(F)cc4)CC3)ccc21. The Morgan fingerprint density at radius 2 is 1.68 bits per heavy atom. The lowest BCUT2D eigenvalue weighted by atomic mass is 9.96. The van der Waals surface area contributed by atoms with Crippen molar-refractivity contribution in [3.63, 3.8) is 0 Å². The van der Waals surface area contributed by atoms with E-state index in [0.29, 0.717) is 17.6 Å². The molecule has 10 heteroatoms. The maximum atomic E-state index is 13.1. The Morgan fingerprint density at radius 3 is 2.35 bits per heavy atom. The fraction of sp³-hybridized carbons (Fsp3) is 0.417. The summed E-state index contributed by atoms with van der Waals surface area (Å²) in [7, 11) is -0.636. The molecule has 0 aliphatic carbocycles. The molecule has 1 aromatic heterocycles. The third-order valence-corrected chi connectivity index (χ3v) is 8.15. The minimum atomic E-state index is -3.84. The number of carbonyl (C=O) groups is 1. The molecule has 0 radical (unpaired) electrons. The summed E-state index contributed by atoms with van der Waals surface area (Å²) in [5, 5.41) is 2.77. The van der Waals surface area contributed by atoms with E-state index in [0.717, 1.165) is 38.0 Å². The normalized spacial score (nSPS) is 15.6. The second-order valence-corrected chi connectivity index (χ2v) is 10.9. The number of fused-ring (bicyclic) bond motifs is 1. The molecule has 4 rings (SSSR count). The summed E-state index contributed by atoms with van der Waals surface area (Å²) in [6.45, 7) is 2.93. The molecule has 1 amide bonds. The summed E-state index contributed by atoms with van der Waals surface area (Å²) in [4.78, 5) is 26.8. The average molecular weight is 489 g/mol. The molecule has 0 bridgehead atoms. The largest absolute Gasteiger partial charge is 0.355 e. The maximum Gasteiger partial charge on any atom is 0.328 e. The van der Waals surface area contributed by atoms with Crippen LogP contribution in [0.25, 0.3) is 11.0 Å². The number of piperidine rings is 1. The van der Waals surface area contributed by atoms with Crippen molar-refractivity contribution in [3.05, 3.63) is 64.3 Å². The number of hydrogen-bond acceptors (Lipinski definition) is 5. The first-order valence-corrected chi connectivity index (χ1v) is 12.9. The van der Waals surface area contributed by atoms with Gasteiger partial charge in [-0.15, -0.1) is 0 Å². The van der Waals surface area contributed by atoms with Crippen LogP contribution in [0.2, 0.25) is 0 Å². The van der Waals surface area contributed by atoms with Crippen molar-refractivity contribution in [2.24, 2.45) is 20.0 Å². The fourth-order valence-electron chi connectivity index (χ4n) is 4.44. The minimum Gasteiger partial charge on any atom is -0.355 e. The molecule has 1 saturated heterocycles. The van der Waals surface area contributed by atoms with Gasteiger partial charge in [-0.3, -0.25) is 18.8 Å². The summed E-state index contributed by atoms with van der Waals surface area (Å²) in [6.07, 6.45) is 1.79. The summed E-state index contributed by atoms with van der Waals surface area (Å²) in [5.74, 6) is -1.13. The van der Waals surface area contributed by atoms with E-state index in [1.165, 1.54) is 33.4 Å². The number of carbonyl (C=O) groups excluding carboxylic acids is 1. The highest BCUT2D eigenvalue weighted by atomic mass is 32.2. The Kier molecular flexibility index (Phi) is 6.90. The van der Waals surface area contributed by atoms with Crippen molar-refractivity contribution in [2.75, 3.05) is 25.4 Å². The minimum absolute atomic E-state index is 0.0189. The summed E-state index contributed by atoms with van der Waals surface area (Å²) in [6, 6.07) is 11.0. The summed E-state index contributed by atoms with van der Waals surface area (Å²) >= 11 is 0. The highest BCUT2D eigenvalue weighted by molar-refractivity contribution is 7.92. The van der Waals surface area contributed by atoms with Crippen LogP contribution in [0.4, 0.5) is 4.39 Å². The molecule has 182 valence electrons. The van der Waals surface area contributed by atoms with Gasteiger partial charge in [-0.05, 0) is 67.7 Å². The Labute approximate surface area is 197 Å². The van der Waals surface area contributed by atoms with Crippen LogP contribution < -0.4 is 11.0 Å². The third kappa shape index (κ3) is 5.23. The third-order valence-electron chi connectivity index (χ3n) is 6.54. The number of likely N-dealkylation sites (tertiary alicyclic amines) is 1. The molecule has 0 saturated carbocycles. The molecule has 1 N–H and O–H groups in total. The van der Waals surface area contributed by atoms with E-state index in [1.54, 1.807) is 32.3 Å². The zero-order valence-corrected chi connectivity index (χ0v) is 20.1.